The number of carbonyl (C=O) groups excluding carboxylic acids is 2. The van der Waals surface area contributed by atoms with Gasteiger partial charge < -0.3 is 9.80 Å². The van der Waals surface area contributed by atoms with Crippen molar-refractivity contribution in [1.29, 1.82) is 0 Å². The van der Waals surface area contributed by atoms with Crippen molar-refractivity contribution in [1.82, 2.24) is 9.80 Å². The predicted molar refractivity (Wildman–Crippen MR) is 108 cm³/mol. The van der Waals surface area contributed by atoms with E-state index in [-0.39, 0.29) is 35.2 Å². The smallest absolute Gasteiger partial charge is 0.339 e. The molecule has 4 nitrogen and oxygen atoms in total. The van der Waals surface area contributed by atoms with Crippen molar-refractivity contribution in [3.05, 3.63) is 71.0 Å². The second-order valence-electron chi connectivity index (χ2n) is 7.82. The summed E-state index contributed by atoms with van der Waals surface area (Å²) < 4.78 is 51.2. The molecular formula is C23H24F4N2O2. The van der Waals surface area contributed by atoms with Gasteiger partial charge in [-0.2, -0.15) is 13.2 Å². The molecule has 1 aliphatic heterocycles. The molecule has 1 atom stereocenters. The number of carbonyl (C=O) groups is 2. The molecule has 1 saturated heterocycles. The SMILES string of the molecule is CC(c1ccc(F)cc1)N(C)C(=O)C1CCN(C(=O)c2ccc(C(F)(F)F)cc2)CC1. The standard InChI is InChI=1S/C23H24F4N2O2/c1-15(16-5-9-20(24)10-6-16)28(2)21(30)18-11-13-29(14-12-18)22(31)17-3-7-19(8-4-17)23(25,26)27/h3-10,15,18H,11-14H2,1-2H3. The Morgan fingerprint density at radius 2 is 1.55 bits per heavy atom. The molecule has 1 fully saturated rings. The fourth-order valence-electron chi connectivity index (χ4n) is 3.76. The fraction of sp³-hybridized carbons (Fsp3) is 0.391. The van der Waals surface area contributed by atoms with Crippen LogP contribution >= 0.6 is 0 Å². The van der Waals surface area contributed by atoms with Crippen molar-refractivity contribution in [3.63, 3.8) is 0 Å². The van der Waals surface area contributed by atoms with Crippen molar-refractivity contribution in [3.8, 4) is 0 Å². The largest absolute Gasteiger partial charge is 0.416 e. The van der Waals surface area contributed by atoms with Gasteiger partial charge in [-0.15, -0.1) is 0 Å². The summed E-state index contributed by atoms with van der Waals surface area (Å²) in [5.74, 6) is -0.967. The van der Waals surface area contributed by atoms with E-state index in [1.807, 2.05) is 6.92 Å². The molecule has 3 rings (SSSR count). The van der Waals surface area contributed by atoms with Gasteiger partial charge in [-0.1, -0.05) is 12.1 Å². The Bertz CT molecular complexity index is 918. The monoisotopic (exact) mass is 436 g/mol. The molecule has 0 radical (unpaired) electrons. The van der Waals surface area contributed by atoms with E-state index >= 15 is 0 Å². The normalized spacial score (nSPS) is 16.1. The maximum absolute atomic E-state index is 13.1. The lowest BCUT2D eigenvalue weighted by atomic mass is 9.93. The molecular weight excluding hydrogens is 412 g/mol. The zero-order chi connectivity index (χ0) is 22.8. The van der Waals surface area contributed by atoms with E-state index in [9.17, 15) is 27.2 Å². The number of rotatable bonds is 4. The first-order valence-electron chi connectivity index (χ1n) is 10.1. The van der Waals surface area contributed by atoms with Gasteiger partial charge in [0.05, 0.1) is 11.6 Å². The molecule has 0 N–H and O–H groups in total. The van der Waals surface area contributed by atoms with E-state index in [1.54, 1.807) is 29.0 Å². The van der Waals surface area contributed by atoms with Crippen LogP contribution in [-0.2, 0) is 11.0 Å². The van der Waals surface area contributed by atoms with Crippen molar-refractivity contribution in [2.24, 2.45) is 5.92 Å². The predicted octanol–water partition coefficient (Wildman–Crippen LogP) is 4.92. The summed E-state index contributed by atoms with van der Waals surface area (Å²) in [7, 11) is 1.70. The molecule has 8 heteroatoms. The topological polar surface area (TPSA) is 40.6 Å². The van der Waals surface area contributed by atoms with Gasteiger partial charge in [0.1, 0.15) is 5.82 Å². The number of alkyl halides is 3. The van der Waals surface area contributed by atoms with Gasteiger partial charge in [-0.3, -0.25) is 9.59 Å². The minimum Gasteiger partial charge on any atom is -0.339 e. The van der Waals surface area contributed by atoms with Crippen molar-refractivity contribution < 1.29 is 27.2 Å². The van der Waals surface area contributed by atoms with E-state index < -0.39 is 11.7 Å². The summed E-state index contributed by atoms with van der Waals surface area (Å²) in [5, 5.41) is 0. The average molecular weight is 436 g/mol. The van der Waals surface area contributed by atoms with Crippen LogP contribution in [0.25, 0.3) is 0 Å². The van der Waals surface area contributed by atoms with Gasteiger partial charge in [0.2, 0.25) is 5.91 Å². The molecule has 2 aromatic rings. The van der Waals surface area contributed by atoms with Gasteiger partial charge in [-0.25, -0.2) is 4.39 Å². The molecule has 0 spiro atoms. The summed E-state index contributed by atoms with van der Waals surface area (Å²) in [4.78, 5) is 28.7. The van der Waals surface area contributed by atoms with E-state index in [0.717, 1.165) is 17.7 Å². The Balaban J connectivity index is 1.57. The number of nitrogens with zero attached hydrogens (tertiary/aromatic N) is 2. The van der Waals surface area contributed by atoms with E-state index in [4.69, 9.17) is 0 Å². The molecule has 2 amide bonds. The summed E-state index contributed by atoms with van der Waals surface area (Å²) >= 11 is 0. The lowest BCUT2D eigenvalue weighted by Crippen LogP contribution is -2.44. The van der Waals surface area contributed by atoms with Gasteiger partial charge in [0.25, 0.3) is 5.91 Å². The lowest BCUT2D eigenvalue weighted by Gasteiger charge is -2.35. The highest BCUT2D eigenvalue weighted by Crippen LogP contribution is 2.30. The van der Waals surface area contributed by atoms with E-state index in [2.05, 4.69) is 0 Å². The summed E-state index contributed by atoms with van der Waals surface area (Å²) in [6.45, 7) is 2.58. The first-order valence-corrected chi connectivity index (χ1v) is 10.1. The first-order chi connectivity index (χ1) is 14.6. The highest BCUT2D eigenvalue weighted by atomic mass is 19.4. The van der Waals surface area contributed by atoms with Crippen LogP contribution in [0.2, 0.25) is 0 Å². The summed E-state index contributed by atoms with van der Waals surface area (Å²) in [6.07, 6.45) is -3.49. The van der Waals surface area contributed by atoms with Crippen LogP contribution in [0.3, 0.4) is 0 Å². The maximum Gasteiger partial charge on any atom is 0.416 e. The molecule has 0 aliphatic carbocycles. The minimum absolute atomic E-state index is 0.0431. The van der Waals surface area contributed by atoms with Gasteiger partial charge in [0.15, 0.2) is 0 Å². The number of halogens is 4. The van der Waals surface area contributed by atoms with Crippen LogP contribution in [0.4, 0.5) is 17.6 Å². The number of hydrogen-bond donors (Lipinski definition) is 0. The maximum atomic E-state index is 13.1. The Hall–Kier alpha value is -2.90. The second-order valence-corrected chi connectivity index (χ2v) is 7.82. The summed E-state index contributed by atoms with van der Waals surface area (Å²) in [5.41, 5.74) is 0.221. The number of likely N-dealkylation sites (tertiary alicyclic amines) is 1. The molecule has 0 aromatic heterocycles. The summed E-state index contributed by atoms with van der Waals surface area (Å²) in [6, 6.07) is 9.95. The third-order valence-corrected chi connectivity index (χ3v) is 5.87. The van der Waals surface area contributed by atoms with Gasteiger partial charge in [0, 0.05) is 31.6 Å². The number of benzene rings is 2. The van der Waals surface area contributed by atoms with Crippen LogP contribution in [0.5, 0.6) is 0 Å². The minimum atomic E-state index is -4.45. The Morgan fingerprint density at radius 1 is 1.00 bits per heavy atom. The molecule has 0 bridgehead atoms. The molecule has 0 saturated carbocycles. The van der Waals surface area contributed by atoms with Crippen LogP contribution in [0.15, 0.2) is 48.5 Å². The van der Waals surface area contributed by atoms with Gasteiger partial charge in [-0.05, 0) is 61.7 Å². The molecule has 166 valence electrons. The number of hydrogen-bond acceptors (Lipinski definition) is 2. The third kappa shape index (κ3) is 5.24. The lowest BCUT2D eigenvalue weighted by molar-refractivity contribution is -0.138. The molecule has 1 unspecified atom stereocenters. The number of piperidine rings is 1. The Labute approximate surface area is 178 Å². The van der Waals surface area contributed by atoms with Crippen LogP contribution in [0, 0.1) is 11.7 Å². The van der Waals surface area contributed by atoms with Crippen molar-refractivity contribution >= 4 is 11.8 Å². The number of amides is 2. The van der Waals surface area contributed by atoms with Crippen molar-refractivity contribution in [2.75, 3.05) is 20.1 Å². The zero-order valence-electron chi connectivity index (χ0n) is 17.3. The van der Waals surface area contributed by atoms with Crippen molar-refractivity contribution in [2.45, 2.75) is 32.0 Å². The molecule has 31 heavy (non-hydrogen) atoms. The first kappa shape index (κ1) is 22.8. The quantitative estimate of drug-likeness (QED) is 0.639. The highest BCUT2D eigenvalue weighted by Gasteiger charge is 2.32. The van der Waals surface area contributed by atoms with E-state index in [1.165, 1.54) is 24.3 Å². The third-order valence-electron chi connectivity index (χ3n) is 5.87. The Kier molecular flexibility index (Phi) is 6.67. The van der Waals surface area contributed by atoms with Gasteiger partial charge >= 0.3 is 6.18 Å². The van der Waals surface area contributed by atoms with Crippen LogP contribution in [0.1, 0.15) is 47.3 Å². The Morgan fingerprint density at radius 3 is 2.06 bits per heavy atom. The van der Waals surface area contributed by atoms with E-state index in [0.29, 0.717) is 25.9 Å². The average Bonchev–Trinajstić information content (AvgIpc) is 2.77. The fourth-order valence-corrected chi connectivity index (χ4v) is 3.76. The van der Waals surface area contributed by atoms with Crippen LogP contribution in [-0.4, -0.2) is 41.8 Å². The molecule has 1 heterocycles. The molecule has 2 aromatic carbocycles. The second kappa shape index (κ2) is 9.08. The highest BCUT2D eigenvalue weighted by molar-refractivity contribution is 5.94. The van der Waals surface area contributed by atoms with Crippen LogP contribution < -0.4 is 0 Å². The molecule has 1 aliphatic rings. The zero-order valence-corrected chi connectivity index (χ0v) is 17.3.